The quantitative estimate of drug-likeness (QED) is 0.702. The first kappa shape index (κ1) is 16.0. The lowest BCUT2D eigenvalue weighted by Gasteiger charge is -2.16. The molecule has 0 bridgehead atoms. The molecule has 126 valence electrons. The molecule has 3 aromatic rings. The van der Waals surface area contributed by atoms with Gasteiger partial charge in [0.05, 0.1) is 5.69 Å². The van der Waals surface area contributed by atoms with Crippen LogP contribution in [-0.4, -0.2) is 10.9 Å². The average Bonchev–Trinajstić information content (AvgIpc) is 3.10. The van der Waals surface area contributed by atoms with Crippen molar-refractivity contribution in [3.05, 3.63) is 70.1 Å². The Labute approximate surface area is 151 Å². The summed E-state index contributed by atoms with van der Waals surface area (Å²) >= 11 is 1.46. The zero-order chi connectivity index (χ0) is 17.2. The smallest absolute Gasteiger partial charge is 0.257 e. The molecule has 0 radical (unpaired) electrons. The molecule has 0 aliphatic heterocycles. The van der Waals surface area contributed by atoms with Crippen molar-refractivity contribution in [2.24, 2.45) is 0 Å². The Hall–Kier alpha value is -2.46. The van der Waals surface area contributed by atoms with Crippen LogP contribution in [0.5, 0.6) is 0 Å². The highest BCUT2D eigenvalue weighted by molar-refractivity contribution is 7.14. The number of amides is 1. The average molecular weight is 348 g/mol. The Morgan fingerprint density at radius 3 is 2.60 bits per heavy atom. The van der Waals surface area contributed by atoms with Crippen molar-refractivity contribution in [2.45, 2.75) is 32.6 Å². The lowest BCUT2D eigenvalue weighted by molar-refractivity contribution is 0.102. The standard InChI is InChI=1S/C21H20N2OS/c1-14-6-8-16(9-7-14)20(24)23-21-22-19(13-25-21)18-11-10-15-4-2-3-5-17(15)12-18/h6-13H,2-5H2,1H3,(H,22,23,24). The Balaban J connectivity index is 1.52. The molecule has 2 aromatic carbocycles. The van der Waals surface area contributed by atoms with Gasteiger partial charge in [-0.25, -0.2) is 4.98 Å². The summed E-state index contributed by atoms with van der Waals surface area (Å²) in [7, 11) is 0. The molecule has 0 unspecified atom stereocenters. The fourth-order valence-electron chi connectivity index (χ4n) is 3.23. The van der Waals surface area contributed by atoms with Gasteiger partial charge in [-0.1, -0.05) is 29.8 Å². The van der Waals surface area contributed by atoms with Crippen molar-refractivity contribution in [1.29, 1.82) is 0 Å². The molecule has 3 nitrogen and oxygen atoms in total. The summed E-state index contributed by atoms with van der Waals surface area (Å²) in [5.41, 5.74) is 6.77. The number of benzene rings is 2. The van der Waals surface area contributed by atoms with Crippen molar-refractivity contribution in [3.63, 3.8) is 0 Å². The van der Waals surface area contributed by atoms with Gasteiger partial charge in [0.1, 0.15) is 0 Å². The molecule has 25 heavy (non-hydrogen) atoms. The third-order valence-corrected chi connectivity index (χ3v) is 5.44. The largest absolute Gasteiger partial charge is 0.298 e. The summed E-state index contributed by atoms with van der Waals surface area (Å²) in [6, 6.07) is 14.2. The lowest BCUT2D eigenvalue weighted by Crippen LogP contribution is -2.11. The number of aryl methyl sites for hydroxylation is 3. The van der Waals surface area contributed by atoms with Crippen molar-refractivity contribution in [2.75, 3.05) is 5.32 Å². The van der Waals surface area contributed by atoms with E-state index in [0.717, 1.165) is 23.2 Å². The predicted octanol–water partition coefficient (Wildman–Crippen LogP) is 5.25. The molecule has 4 heteroatoms. The Kier molecular flexibility index (Phi) is 4.36. The molecular weight excluding hydrogens is 328 g/mol. The van der Waals surface area contributed by atoms with Crippen molar-refractivity contribution >= 4 is 22.4 Å². The number of aromatic nitrogens is 1. The number of nitrogens with zero attached hydrogens (tertiary/aromatic N) is 1. The van der Waals surface area contributed by atoms with Crippen LogP contribution >= 0.6 is 11.3 Å². The number of hydrogen-bond donors (Lipinski definition) is 1. The van der Waals surface area contributed by atoms with E-state index in [0.29, 0.717) is 10.7 Å². The Morgan fingerprint density at radius 2 is 1.80 bits per heavy atom. The van der Waals surface area contributed by atoms with Gasteiger partial charge < -0.3 is 0 Å². The minimum absolute atomic E-state index is 0.119. The molecule has 0 saturated carbocycles. The maximum atomic E-state index is 12.3. The first-order valence-electron chi connectivity index (χ1n) is 8.65. The summed E-state index contributed by atoms with van der Waals surface area (Å²) < 4.78 is 0. The molecule has 0 spiro atoms. The summed E-state index contributed by atoms with van der Waals surface area (Å²) in [5, 5.41) is 5.55. The molecule has 1 aliphatic rings. The van der Waals surface area contributed by atoms with Gasteiger partial charge in [0.15, 0.2) is 5.13 Å². The van der Waals surface area contributed by atoms with Crippen LogP contribution in [0.25, 0.3) is 11.3 Å². The third-order valence-electron chi connectivity index (χ3n) is 4.68. The second-order valence-corrected chi connectivity index (χ2v) is 7.41. The van der Waals surface area contributed by atoms with Crippen molar-refractivity contribution in [3.8, 4) is 11.3 Å². The highest BCUT2D eigenvalue weighted by Crippen LogP contribution is 2.29. The number of nitrogens with one attached hydrogen (secondary N) is 1. The highest BCUT2D eigenvalue weighted by Gasteiger charge is 2.13. The van der Waals surface area contributed by atoms with Crippen LogP contribution in [0.1, 0.15) is 39.9 Å². The second kappa shape index (κ2) is 6.81. The number of anilines is 1. The maximum Gasteiger partial charge on any atom is 0.257 e. The summed E-state index contributed by atoms with van der Waals surface area (Å²) in [5.74, 6) is -0.119. The van der Waals surface area contributed by atoms with E-state index in [2.05, 4.69) is 28.5 Å². The summed E-state index contributed by atoms with van der Waals surface area (Å²) in [4.78, 5) is 16.9. The van der Waals surface area contributed by atoms with Gasteiger partial charge in [-0.3, -0.25) is 10.1 Å². The zero-order valence-electron chi connectivity index (χ0n) is 14.2. The zero-order valence-corrected chi connectivity index (χ0v) is 15.0. The number of thiazole rings is 1. The maximum absolute atomic E-state index is 12.3. The van der Waals surface area contributed by atoms with Gasteiger partial charge in [-0.2, -0.15) is 0 Å². The number of carbonyl (C=O) groups is 1. The minimum atomic E-state index is -0.119. The van der Waals surface area contributed by atoms with Crippen LogP contribution in [0.15, 0.2) is 47.8 Å². The molecule has 4 rings (SSSR count). The summed E-state index contributed by atoms with van der Waals surface area (Å²) in [6.07, 6.45) is 4.90. The molecule has 1 heterocycles. The second-order valence-electron chi connectivity index (χ2n) is 6.55. The van der Waals surface area contributed by atoms with Crippen LogP contribution in [0.4, 0.5) is 5.13 Å². The third kappa shape index (κ3) is 3.49. The van der Waals surface area contributed by atoms with Gasteiger partial charge in [0.2, 0.25) is 0 Å². The van der Waals surface area contributed by atoms with E-state index in [-0.39, 0.29) is 5.91 Å². The number of hydrogen-bond acceptors (Lipinski definition) is 3. The molecule has 0 fully saturated rings. The van der Waals surface area contributed by atoms with E-state index in [1.54, 1.807) is 0 Å². The molecule has 1 N–H and O–H groups in total. The first-order valence-corrected chi connectivity index (χ1v) is 9.53. The molecule has 0 atom stereocenters. The van der Waals surface area contributed by atoms with E-state index in [1.807, 2.05) is 36.6 Å². The van der Waals surface area contributed by atoms with Crippen LogP contribution in [0.3, 0.4) is 0 Å². The van der Waals surface area contributed by atoms with E-state index < -0.39 is 0 Å². The van der Waals surface area contributed by atoms with Gasteiger partial charge in [0.25, 0.3) is 5.91 Å². The number of rotatable bonds is 3. The number of fused-ring (bicyclic) bond motifs is 1. The monoisotopic (exact) mass is 348 g/mol. The van der Waals surface area contributed by atoms with Crippen LogP contribution in [-0.2, 0) is 12.8 Å². The highest BCUT2D eigenvalue weighted by atomic mass is 32.1. The molecular formula is C21H20N2OS. The topological polar surface area (TPSA) is 42.0 Å². The molecule has 0 saturated heterocycles. The van der Waals surface area contributed by atoms with Gasteiger partial charge in [0, 0.05) is 16.5 Å². The molecule has 1 aliphatic carbocycles. The molecule has 1 aromatic heterocycles. The van der Waals surface area contributed by atoms with Crippen molar-refractivity contribution < 1.29 is 4.79 Å². The van der Waals surface area contributed by atoms with Gasteiger partial charge in [-0.05, 0) is 61.9 Å². The normalized spacial score (nSPS) is 13.3. The summed E-state index contributed by atoms with van der Waals surface area (Å²) in [6.45, 7) is 2.01. The predicted molar refractivity (Wildman–Crippen MR) is 103 cm³/mol. The van der Waals surface area contributed by atoms with Crippen LogP contribution in [0, 0.1) is 6.92 Å². The van der Waals surface area contributed by atoms with Gasteiger partial charge in [-0.15, -0.1) is 11.3 Å². The lowest BCUT2D eigenvalue weighted by atomic mass is 9.90. The Morgan fingerprint density at radius 1 is 1.04 bits per heavy atom. The van der Waals surface area contributed by atoms with Crippen LogP contribution < -0.4 is 5.32 Å². The fraction of sp³-hybridized carbons (Fsp3) is 0.238. The Bertz CT molecular complexity index is 912. The van der Waals surface area contributed by atoms with E-state index in [1.165, 1.54) is 41.7 Å². The van der Waals surface area contributed by atoms with Crippen molar-refractivity contribution in [1.82, 2.24) is 4.98 Å². The first-order chi connectivity index (χ1) is 12.2. The number of carbonyl (C=O) groups excluding carboxylic acids is 1. The molecule has 1 amide bonds. The van der Waals surface area contributed by atoms with E-state index in [9.17, 15) is 4.79 Å². The van der Waals surface area contributed by atoms with E-state index in [4.69, 9.17) is 0 Å². The van der Waals surface area contributed by atoms with Gasteiger partial charge >= 0.3 is 0 Å². The fourth-order valence-corrected chi connectivity index (χ4v) is 3.95. The minimum Gasteiger partial charge on any atom is -0.298 e. The van der Waals surface area contributed by atoms with Crippen LogP contribution in [0.2, 0.25) is 0 Å². The SMILES string of the molecule is Cc1ccc(C(=O)Nc2nc(-c3ccc4c(c3)CCCC4)cs2)cc1. The van der Waals surface area contributed by atoms with E-state index >= 15 is 0 Å².